The van der Waals surface area contributed by atoms with Gasteiger partial charge in [-0.25, -0.2) is 0 Å². The van der Waals surface area contributed by atoms with Gasteiger partial charge in [-0.05, 0) is 37.6 Å². The number of hydrogen-bond acceptors (Lipinski definition) is 4. The molecular weight excluding hydrogens is 344 g/mol. The second-order valence-electron chi connectivity index (χ2n) is 7.44. The van der Waals surface area contributed by atoms with Crippen molar-refractivity contribution in [2.45, 2.75) is 26.4 Å². The van der Waals surface area contributed by atoms with E-state index in [0.29, 0.717) is 38.4 Å². The van der Waals surface area contributed by atoms with Crippen molar-refractivity contribution in [1.82, 2.24) is 20.0 Å². The third kappa shape index (κ3) is 3.73. The smallest absolute Gasteiger partial charge is 0.253 e. The van der Waals surface area contributed by atoms with Gasteiger partial charge in [-0.15, -0.1) is 0 Å². The average Bonchev–Trinajstić information content (AvgIpc) is 2.77. The van der Waals surface area contributed by atoms with Crippen LogP contribution in [-0.2, 0) is 16.1 Å². The van der Waals surface area contributed by atoms with Crippen LogP contribution in [0.15, 0.2) is 30.3 Å². The van der Waals surface area contributed by atoms with Gasteiger partial charge in [-0.1, -0.05) is 12.1 Å². The maximum atomic E-state index is 13.1. The third-order valence-corrected chi connectivity index (χ3v) is 5.13. The highest BCUT2D eigenvalue weighted by Crippen LogP contribution is 2.17. The van der Waals surface area contributed by atoms with Crippen LogP contribution in [-0.4, -0.2) is 58.8 Å². The number of carbonyl (C=O) groups excluding carboxylic acids is 2. The standard InChI is InChI=1S/C20H24N4O3/c1-13-6-14(2)24(22-13)8-15-4-3-5-16(7-15)20(26)23-9-17-11-27-12-18(10-23)21-19(17)25/h3-7,17-18H,8-12H2,1-2H3,(H,21,25)/t17-,18+/m1/s1. The first-order valence-electron chi connectivity index (χ1n) is 9.27. The number of aryl methyl sites for hydroxylation is 2. The third-order valence-electron chi connectivity index (χ3n) is 5.13. The van der Waals surface area contributed by atoms with Gasteiger partial charge in [0.05, 0.1) is 37.4 Å². The Morgan fingerprint density at radius 2 is 2.11 bits per heavy atom. The molecule has 0 radical (unpaired) electrons. The summed E-state index contributed by atoms with van der Waals surface area (Å²) in [4.78, 5) is 27.0. The number of benzene rings is 1. The molecule has 0 spiro atoms. The minimum absolute atomic E-state index is 0.0222. The molecular formula is C20H24N4O3. The molecule has 2 aliphatic heterocycles. The molecule has 0 aliphatic carbocycles. The highest BCUT2D eigenvalue weighted by molar-refractivity contribution is 5.95. The summed E-state index contributed by atoms with van der Waals surface area (Å²) in [7, 11) is 0. The van der Waals surface area contributed by atoms with Crippen molar-refractivity contribution in [3.05, 3.63) is 52.8 Å². The monoisotopic (exact) mass is 368 g/mol. The van der Waals surface area contributed by atoms with Crippen LogP contribution in [0.25, 0.3) is 0 Å². The Bertz CT molecular complexity index is 876. The number of amides is 2. The predicted octanol–water partition coefficient (Wildman–Crippen LogP) is 1.14. The van der Waals surface area contributed by atoms with E-state index in [4.69, 9.17) is 4.74 Å². The van der Waals surface area contributed by atoms with E-state index in [9.17, 15) is 9.59 Å². The van der Waals surface area contributed by atoms with Crippen LogP contribution >= 0.6 is 0 Å². The predicted molar refractivity (Wildman–Crippen MR) is 99.4 cm³/mol. The maximum absolute atomic E-state index is 13.1. The molecule has 2 amide bonds. The Morgan fingerprint density at radius 3 is 2.89 bits per heavy atom. The minimum atomic E-state index is -0.306. The number of rotatable bonds is 3. The average molecular weight is 368 g/mol. The van der Waals surface area contributed by atoms with Crippen LogP contribution in [0.1, 0.15) is 27.3 Å². The Morgan fingerprint density at radius 1 is 1.26 bits per heavy atom. The molecule has 142 valence electrons. The first-order chi connectivity index (χ1) is 13.0. The fraction of sp³-hybridized carbons (Fsp3) is 0.450. The van der Waals surface area contributed by atoms with E-state index in [1.54, 1.807) is 4.90 Å². The lowest BCUT2D eigenvalue weighted by Crippen LogP contribution is -2.44. The molecule has 2 bridgehead atoms. The molecule has 0 unspecified atom stereocenters. The number of nitrogens with one attached hydrogen (secondary N) is 1. The van der Waals surface area contributed by atoms with Crippen molar-refractivity contribution in [3.63, 3.8) is 0 Å². The first-order valence-corrected chi connectivity index (χ1v) is 9.27. The highest BCUT2D eigenvalue weighted by Gasteiger charge is 2.35. The van der Waals surface area contributed by atoms with E-state index in [1.165, 1.54) is 0 Å². The van der Waals surface area contributed by atoms with Crippen LogP contribution in [0.5, 0.6) is 0 Å². The molecule has 7 nitrogen and oxygen atoms in total. The van der Waals surface area contributed by atoms with Crippen LogP contribution in [0, 0.1) is 19.8 Å². The van der Waals surface area contributed by atoms with E-state index in [2.05, 4.69) is 10.4 Å². The van der Waals surface area contributed by atoms with Crippen LogP contribution in [0.2, 0.25) is 0 Å². The van der Waals surface area contributed by atoms with Crippen molar-refractivity contribution < 1.29 is 14.3 Å². The van der Waals surface area contributed by atoms with E-state index in [1.807, 2.05) is 48.9 Å². The molecule has 2 aliphatic rings. The number of carbonyl (C=O) groups is 2. The van der Waals surface area contributed by atoms with Crippen molar-refractivity contribution in [2.24, 2.45) is 5.92 Å². The zero-order valence-corrected chi connectivity index (χ0v) is 15.6. The maximum Gasteiger partial charge on any atom is 0.253 e. The molecule has 1 aromatic carbocycles. The quantitative estimate of drug-likeness (QED) is 0.881. The largest absolute Gasteiger partial charge is 0.378 e. The number of nitrogens with zero attached hydrogens (tertiary/aromatic N) is 3. The van der Waals surface area contributed by atoms with Crippen molar-refractivity contribution in [2.75, 3.05) is 26.3 Å². The van der Waals surface area contributed by atoms with Crippen molar-refractivity contribution >= 4 is 11.8 Å². The van der Waals surface area contributed by atoms with Gasteiger partial charge in [0.25, 0.3) is 5.91 Å². The molecule has 7 heteroatoms. The molecule has 2 aromatic rings. The van der Waals surface area contributed by atoms with Gasteiger partial charge in [0.2, 0.25) is 5.91 Å². The van der Waals surface area contributed by atoms with Crippen LogP contribution < -0.4 is 5.32 Å². The Hall–Kier alpha value is -2.67. The van der Waals surface area contributed by atoms with Gasteiger partial charge in [0, 0.05) is 24.3 Å². The summed E-state index contributed by atoms with van der Waals surface area (Å²) < 4.78 is 7.47. The lowest BCUT2D eigenvalue weighted by atomic mass is 10.1. The second-order valence-corrected chi connectivity index (χ2v) is 7.44. The molecule has 2 atom stereocenters. The summed E-state index contributed by atoms with van der Waals surface area (Å²) in [6.45, 7) is 6.30. The molecule has 2 fully saturated rings. The normalized spacial score (nSPS) is 22.3. The Kier molecular flexibility index (Phi) is 4.70. The van der Waals surface area contributed by atoms with Gasteiger partial charge in [0.1, 0.15) is 0 Å². The van der Waals surface area contributed by atoms with Gasteiger partial charge in [-0.3, -0.25) is 14.3 Å². The van der Waals surface area contributed by atoms with Gasteiger partial charge >= 0.3 is 0 Å². The molecule has 0 saturated carbocycles. The fourth-order valence-electron chi connectivity index (χ4n) is 3.79. The summed E-state index contributed by atoms with van der Waals surface area (Å²) in [6.07, 6.45) is 0. The minimum Gasteiger partial charge on any atom is -0.378 e. The Balaban J connectivity index is 1.54. The van der Waals surface area contributed by atoms with E-state index in [-0.39, 0.29) is 23.8 Å². The van der Waals surface area contributed by atoms with Crippen LogP contribution in [0.3, 0.4) is 0 Å². The van der Waals surface area contributed by atoms with Gasteiger partial charge in [-0.2, -0.15) is 5.10 Å². The first kappa shape index (κ1) is 17.7. The van der Waals surface area contributed by atoms with Crippen molar-refractivity contribution in [1.29, 1.82) is 0 Å². The van der Waals surface area contributed by atoms with Gasteiger partial charge in [0.15, 0.2) is 0 Å². The molecule has 4 rings (SSSR count). The van der Waals surface area contributed by atoms with Gasteiger partial charge < -0.3 is 15.0 Å². The zero-order chi connectivity index (χ0) is 19.0. The molecule has 1 N–H and O–H groups in total. The summed E-state index contributed by atoms with van der Waals surface area (Å²) >= 11 is 0. The highest BCUT2D eigenvalue weighted by atomic mass is 16.5. The summed E-state index contributed by atoms with van der Waals surface area (Å²) in [5.41, 5.74) is 3.74. The fourth-order valence-corrected chi connectivity index (χ4v) is 3.79. The van der Waals surface area contributed by atoms with E-state index < -0.39 is 0 Å². The van der Waals surface area contributed by atoms with Crippen LogP contribution in [0.4, 0.5) is 0 Å². The molecule has 2 saturated heterocycles. The topological polar surface area (TPSA) is 76.5 Å². The summed E-state index contributed by atoms with van der Waals surface area (Å²) in [6, 6.07) is 9.55. The van der Waals surface area contributed by atoms with E-state index in [0.717, 1.165) is 17.0 Å². The molecule has 1 aromatic heterocycles. The number of fused-ring (bicyclic) bond motifs is 3. The zero-order valence-electron chi connectivity index (χ0n) is 15.6. The lowest BCUT2D eigenvalue weighted by Gasteiger charge is -2.27. The number of aromatic nitrogens is 2. The van der Waals surface area contributed by atoms with E-state index >= 15 is 0 Å². The lowest BCUT2D eigenvalue weighted by molar-refractivity contribution is -0.125. The molecule has 3 heterocycles. The molecule has 27 heavy (non-hydrogen) atoms. The summed E-state index contributed by atoms with van der Waals surface area (Å²) in [5.74, 6) is -0.371. The SMILES string of the molecule is Cc1cc(C)n(Cc2cccc(C(=O)N3C[C@H]4COC[C@@H](C3)C(=O)N4)c2)n1. The Labute approximate surface area is 158 Å². The summed E-state index contributed by atoms with van der Waals surface area (Å²) in [5, 5.41) is 7.45. The van der Waals surface area contributed by atoms with Crippen molar-refractivity contribution in [3.8, 4) is 0 Å². The number of hydrogen-bond donors (Lipinski definition) is 1. The number of ether oxygens (including phenoxy) is 1. The second kappa shape index (κ2) is 7.15.